The monoisotopic (exact) mass is 556 g/mol. The van der Waals surface area contributed by atoms with Gasteiger partial charge in [0.25, 0.3) is 0 Å². The molecule has 0 aromatic heterocycles. The summed E-state index contributed by atoms with van der Waals surface area (Å²) in [4.78, 5) is 24.3. The molecule has 0 unspecified atom stereocenters. The Labute approximate surface area is 241 Å². The first-order valence-electron chi connectivity index (χ1n) is 16.3. The highest BCUT2D eigenvalue weighted by Gasteiger charge is 2.32. The molecule has 0 aromatic rings. The highest BCUT2D eigenvalue weighted by atomic mass is 16.5. The van der Waals surface area contributed by atoms with Crippen LogP contribution in [0.5, 0.6) is 0 Å². The average Bonchev–Trinajstić information content (AvgIpc) is 2.91. The van der Waals surface area contributed by atoms with E-state index in [9.17, 15) is 19.8 Å². The minimum atomic E-state index is -1.16. The maximum Gasteiger partial charge on any atom is 0.305 e. The first-order chi connectivity index (χ1) is 18.7. The van der Waals surface area contributed by atoms with Gasteiger partial charge in [0.2, 0.25) is 0 Å². The standard InChI is InChI=1S/C33H64O6/c1-29(2)21-17-13-9-5-7-11-15-19-23-31(36)38-27-33(25-34,26-35)28-39-32(37)24-20-16-12-8-6-10-14-18-22-30(3)4/h29-30,34-35H,5-28H2,1-4H3. The number of carbonyl (C=O) groups excluding carboxylic acids is 2. The fraction of sp³-hybridized carbons (Fsp3) is 0.939. The lowest BCUT2D eigenvalue weighted by Crippen LogP contribution is -2.41. The van der Waals surface area contributed by atoms with Crippen molar-refractivity contribution in [3.63, 3.8) is 0 Å². The van der Waals surface area contributed by atoms with E-state index in [1.54, 1.807) is 0 Å². The van der Waals surface area contributed by atoms with E-state index >= 15 is 0 Å². The molecule has 0 spiro atoms. The predicted molar refractivity (Wildman–Crippen MR) is 161 cm³/mol. The van der Waals surface area contributed by atoms with Crippen LogP contribution >= 0.6 is 0 Å². The van der Waals surface area contributed by atoms with E-state index in [-0.39, 0.29) is 25.2 Å². The summed E-state index contributed by atoms with van der Waals surface area (Å²) >= 11 is 0. The van der Waals surface area contributed by atoms with Gasteiger partial charge in [0.1, 0.15) is 13.2 Å². The van der Waals surface area contributed by atoms with Crippen molar-refractivity contribution in [1.82, 2.24) is 0 Å². The van der Waals surface area contributed by atoms with Gasteiger partial charge in [0.05, 0.1) is 18.6 Å². The molecular formula is C33H64O6. The van der Waals surface area contributed by atoms with Crippen molar-refractivity contribution in [3.8, 4) is 0 Å². The minimum absolute atomic E-state index is 0.153. The second kappa shape index (κ2) is 25.8. The molecule has 0 aromatic carbocycles. The van der Waals surface area contributed by atoms with Gasteiger partial charge in [-0.1, -0.05) is 130 Å². The number of aliphatic hydroxyl groups is 2. The third-order valence-electron chi connectivity index (χ3n) is 7.57. The van der Waals surface area contributed by atoms with Gasteiger partial charge in [0, 0.05) is 12.8 Å². The van der Waals surface area contributed by atoms with Crippen LogP contribution in [0.1, 0.15) is 156 Å². The van der Waals surface area contributed by atoms with Crippen LogP contribution in [0.4, 0.5) is 0 Å². The Morgan fingerprint density at radius 1 is 0.513 bits per heavy atom. The summed E-state index contributed by atoms with van der Waals surface area (Å²) in [7, 11) is 0. The van der Waals surface area contributed by atoms with Gasteiger partial charge >= 0.3 is 11.9 Å². The highest BCUT2D eigenvalue weighted by molar-refractivity contribution is 5.69. The molecule has 0 rings (SSSR count). The zero-order valence-corrected chi connectivity index (χ0v) is 26.2. The molecule has 0 saturated heterocycles. The molecule has 0 bridgehead atoms. The molecule has 0 atom stereocenters. The van der Waals surface area contributed by atoms with Gasteiger partial charge in [-0.15, -0.1) is 0 Å². The fourth-order valence-corrected chi connectivity index (χ4v) is 4.65. The zero-order valence-electron chi connectivity index (χ0n) is 26.2. The van der Waals surface area contributed by atoms with Crippen LogP contribution in [0, 0.1) is 17.3 Å². The molecule has 0 heterocycles. The largest absolute Gasteiger partial charge is 0.465 e. The van der Waals surface area contributed by atoms with Crippen LogP contribution in [0.25, 0.3) is 0 Å². The van der Waals surface area contributed by atoms with Crippen molar-refractivity contribution in [2.45, 2.75) is 156 Å². The molecule has 2 N–H and O–H groups in total. The topological polar surface area (TPSA) is 93.1 Å². The highest BCUT2D eigenvalue weighted by Crippen LogP contribution is 2.19. The number of unbranched alkanes of at least 4 members (excludes halogenated alkanes) is 14. The second-order valence-electron chi connectivity index (χ2n) is 12.7. The Hall–Kier alpha value is -1.14. The number of rotatable bonds is 28. The molecule has 0 aliphatic rings. The van der Waals surface area contributed by atoms with Crippen molar-refractivity contribution < 1.29 is 29.3 Å². The second-order valence-corrected chi connectivity index (χ2v) is 12.7. The van der Waals surface area contributed by atoms with E-state index in [0.717, 1.165) is 50.4 Å². The van der Waals surface area contributed by atoms with Gasteiger partial charge < -0.3 is 19.7 Å². The Kier molecular flexibility index (Phi) is 25.0. The van der Waals surface area contributed by atoms with Gasteiger partial charge in [-0.25, -0.2) is 0 Å². The molecule has 6 heteroatoms. The van der Waals surface area contributed by atoms with E-state index < -0.39 is 18.6 Å². The Bertz CT molecular complexity index is 525. The van der Waals surface area contributed by atoms with Crippen LogP contribution in [0.2, 0.25) is 0 Å². The molecule has 0 radical (unpaired) electrons. The molecule has 0 saturated carbocycles. The summed E-state index contributed by atoms with van der Waals surface area (Å²) in [5.74, 6) is 0.925. The third kappa shape index (κ3) is 24.4. The molecule has 6 nitrogen and oxygen atoms in total. The lowest BCUT2D eigenvalue weighted by molar-refractivity contribution is -0.159. The number of ether oxygens (including phenoxy) is 2. The molecule has 0 amide bonds. The number of hydrogen-bond acceptors (Lipinski definition) is 6. The van der Waals surface area contributed by atoms with Gasteiger partial charge in [-0.3, -0.25) is 9.59 Å². The van der Waals surface area contributed by atoms with Crippen LogP contribution < -0.4 is 0 Å². The molecule has 0 aliphatic heterocycles. The maximum atomic E-state index is 12.2. The van der Waals surface area contributed by atoms with Gasteiger partial charge in [-0.05, 0) is 24.7 Å². The summed E-state index contributed by atoms with van der Waals surface area (Å²) in [5.41, 5.74) is -1.16. The van der Waals surface area contributed by atoms with E-state index in [4.69, 9.17) is 9.47 Å². The van der Waals surface area contributed by atoms with Gasteiger partial charge in [-0.2, -0.15) is 0 Å². The zero-order chi connectivity index (χ0) is 29.2. The van der Waals surface area contributed by atoms with Crippen molar-refractivity contribution >= 4 is 11.9 Å². The van der Waals surface area contributed by atoms with Crippen molar-refractivity contribution in [1.29, 1.82) is 0 Å². The van der Waals surface area contributed by atoms with Crippen molar-refractivity contribution in [2.75, 3.05) is 26.4 Å². The van der Waals surface area contributed by atoms with Crippen LogP contribution in [0.3, 0.4) is 0 Å². The summed E-state index contributed by atoms with van der Waals surface area (Å²) in [6.45, 7) is 7.94. The first kappa shape index (κ1) is 37.9. The molecule has 0 fully saturated rings. The number of hydrogen-bond donors (Lipinski definition) is 2. The lowest BCUT2D eigenvalue weighted by Gasteiger charge is -2.28. The van der Waals surface area contributed by atoms with E-state index in [1.807, 2.05) is 0 Å². The molecule has 232 valence electrons. The van der Waals surface area contributed by atoms with Crippen LogP contribution in [-0.2, 0) is 19.1 Å². The first-order valence-corrected chi connectivity index (χ1v) is 16.3. The quantitative estimate of drug-likeness (QED) is 0.0746. The lowest BCUT2D eigenvalue weighted by atomic mass is 9.92. The molecular weight excluding hydrogens is 492 g/mol. The number of esters is 2. The van der Waals surface area contributed by atoms with Crippen molar-refractivity contribution in [2.24, 2.45) is 17.3 Å². The summed E-state index contributed by atoms with van der Waals surface area (Å²) in [5, 5.41) is 19.6. The van der Waals surface area contributed by atoms with E-state index in [1.165, 1.54) is 77.0 Å². The average molecular weight is 557 g/mol. The Morgan fingerprint density at radius 3 is 1.08 bits per heavy atom. The van der Waals surface area contributed by atoms with E-state index in [2.05, 4.69) is 27.7 Å². The van der Waals surface area contributed by atoms with E-state index in [0.29, 0.717) is 12.8 Å². The number of aliphatic hydroxyl groups excluding tert-OH is 2. The fourth-order valence-electron chi connectivity index (χ4n) is 4.65. The molecule has 0 aliphatic carbocycles. The maximum absolute atomic E-state index is 12.2. The Morgan fingerprint density at radius 2 is 0.795 bits per heavy atom. The normalized spacial score (nSPS) is 11.9. The Balaban J connectivity index is 3.87. The molecule has 39 heavy (non-hydrogen) atoms. The van der Waals surface area contributed by atoms with Crippen molar-refractivity contribution in [3.05, 3.63) is 0 Å². The summed E-state index contributed by atoms with van der Waals surface area (Å²) in [6, 6.07) is 0. The summed E-state index contributed by atoms with van der Waals surface area (Å²) in [6.07, 6.45) is 21.9. The van der Waals surface area contributed by atoms with Crippen LogP contribution in [-0.4, -0.2) is 48.6 Å². The SMILES string of the molecule is CC(C)CCCCCCCCCCC(=O)OCC(CO)(CO)COC(=O)CCCCCCCCCCC(C)C. The third-order valence-corrected chi connectivity index (χ3v) is 7.57. The predicted octanol–water partition coefficient (Wildman–Crippen LogP) is 8.16. The van der Waals surface area contributed by atoms with Gasteiger partial charge in [0.15, 0.2) is 0 Å². The van der Waals surface area contributed by atoms with Crippen LogP contribution in [0.15, 0.2) is 0 Å². The summed E-state index contributed by atoms with van der Waals surface area (Å²) < 4.78 is 10.7. The number of carbonyl (C=O) groups is 2. The minimum Gasteiger partial charge on any atom is -0.465 e. The smallest absolute Gasteiger partial charge is 0.305 e.